The number of carbonyl (C=O) groups is 2. The lowest BCUT2D eigenvalue weighted by Crippen LogP contribution is -2.39. The molecule has 1 aliphatic rings. The summed E-state index contributed by atoms with van der Waals surface area (Å²) in [6.07, 6.45) is -2.67. The number of carbonyl (C=O) groups excluding carboxylic acids is 2. The van der Waals surface area contributed by atoms with E-state index in [-0.39, 0.29) is 18.8 Å². The van der Waals surface area contributed by atoms with Gasteiger partial charge in [-0.3, -0.25) is 14.7 Å². The molecule has 182 valence electrons. The van der Waals surface area contributed by atoms with Crippen LogP contribution in [0.2, 0.25) is 0 Å². The van der Waals surface area contributed by atoms with Gasteiger partial charge < -0.3 is 14.0 Å². The maximum atomic E-state index is 12.6. The van der Waals surface area contributed by atoms with Crippen molar-refractivity contribution in [2.75, 3.05) is 20.8 Å². The second-order valence-electron chi connectivity index (χ2n) is 8.23. The van der Waals surface area contributed by atoms with Gasteiger partial charge in [-0.1, -0.05) is 78.9 Å². The van der Waals surface area contributed by atoms with Gasteiger partial charge in [0.15, 0.2) is 6.42 Å². The highest BCUT2D eigenvalue weighted by Crippen LogP contribution is 2.49. The first-order chi connectivity index (χ1) is 17.0. The van der Waals surface area contributed by atoms with Crippen molar-refractivity contribution in [3.63, 3.8) is 0 Å². The summed E-state index contributed by atoms with van der Waals surface area (Å²) < 4.78 is 16.3. The maximum Gasteiger partial charge on any atom is 0.323 e. The Kier molecular flexibility index (Phi) is 8.14. The summed E-state index contributed by atoms with van der Waals surface area (Å²) in [6.45, 7) is 0.345. The molecule has 0 fully saturated rings. The quantitative estimate of drug-likeness (QED) is 0.318. The summed E-state index contributed by atoms with van der Waals surface area (Å²) >= 11 is 6.11. The number of rotatable bonds is 10. The van der Waals surface area contributed by atoms with Gasteiger partial charge in [-0.15, -0.1) is 0 Å². The van der Waals surface area contributed by atoms with E-state index in [0.717, 1.165) is 5.30 Å². The van der Waals surface area contributed by atoms with Crippen LogP contribution in [-0.2, 0) is 35.4 Å². The number of methoxy groups -OCH3 is 2. The molecule has 35 heavy (non-hydrogen) atoms. The number of benzene rings is 3. The number of esters is 2. The van der Waals surface area contributed by atoms with E-state index in [1.165, 1.54) is 36.5 Å². The van der Waals surface area contributed by atoms with Crippen LogP contribution in [0, 0.1) is 0 Å². The van der Waals surface area contributed by atoms with Crippen LogP contribution in [0.4, 0.5) is 0 Å². The van der Waals surface area contributed by atoms with Gasteiger partial charge in [-0.05, 0) is 40.5 Å². The zero-order chi connectivity index (χ0) is 24.8. The van der Waals surface area contributed by atoms with Crippen molar-refractivity contribution < 1.29 is 23.6 Å². The molecule has 0 radical (unpaired) electrons. The van der Waals surface area contributed by atoms with Crippen molar-refractivity contribution in [3.05, 3.63) is 90.0 Å². The minimum absolute atomic E-state index is 0.0156. The number of ether oxygens (including phenoxy) is 2. The molecule has 6 nitrogen and oxygen atoms in total. The summed E-state index contributed by atoms with van der Waals surface area (Å²) in [5, 5.41) is 4.06. The van der Waals surface area contributed by atoms with Crippen molar-refractivity contribution in [1.29, 1.82) is 0 Å². The zero-order valence-corrected chi connectivity index (χ0v) is 21.4. The van der Waals surface area contributed by atoms with Crippen LogP contribution in [0.15, 0.2) is 78.9 Å². The van der Waals surface area contributed by atoms with Gasteiger partial charge in [0.25, 0.3) is 0 Å². The number of hydrogen-bond acceptors (Lipinski definition) is 6. The van der Waals surface area contributed by atoms with E-state index in [1.54, 1.807) is 0 Å². The molecule has 1 N–H and O–H groups in total. The molecule has 0 bridgehead atoms. The van der Waals surface area contributed by atoms with Crippen molar-refractivity contribution in [1.82, 2.24) is 5.09 Å². The molecule has 1 aliphatic carbocycles. The number of hydrogen-bond donors (Lipinski definition) is 1. The molecule has 3 aromatic carbocycles. The molecule has 0 saturated carbocycles. The van der Waals surface area contributed by atoms with Crippen LogP contribution < -0.4 is 10.4 Å². The lowest BCUT2D eigenvalue weighted by molar-refractivity contribution is -0.144. The topological polar surface area (TPSA) is 73.9 Å². The molecule has 0 heterocycles. The van der Waals surface area contributed by atoms with Crippen LogP contribution in [-0.4, -0.2) is 38.8 Å². The molecule has 0 aliphatic heterocycles. The highest BCUT2D eigenvalue weighted by molar-refractivity contribution is 8.14. The van der Waals surface area contributed by atoms with E-state index in [9.17, 15) is 9.59 Å². The van der Waals surface area contributed by atoms with E-state index in [1.807, 2.05) is 54.6 Å². The smallest absolute Gasteiger partial charge is 0.323 e. The summed E-state index contributed by atoms with van der Waals surface area (Å²) in [6, 6.07) is 25.3. The predicted octanol–water partition coefficient (Wildman–Crippen LogP) is 4.53. The first kappa shape index (κ1) is 25.3. The summed E-state index contributed by atoms with van der Waals surface area (Å²) in [4.78, 5) is 24.3. The Morgan fingerprint density at radius 1 is 0.886 bits per heavy atom. The van der Waals surface area contributed by atoms with Crippen molar-refractivity contribution in [3.8, 4) is 11.1 Å². The lowest BCUT2D eigenvalue weighted by Gasteiger charge is -2.29. The van der Waals surface area contributed by atoms with Gasteiger partial charge in [0.2, 0.25) is 0 Å². The Morgan fingerprint density at radius 3 is 2.03 bits per heavy atom. The molecule has 0 amide bonds. The van der Waals surface area contributed by atoms with E-state index in [2.05, 4.69) is 29.4 Å². The van der Waals surface area contributed by atoms with Crippen LogP contribution in [0.1, 0.15) is 29.9 Å². The SMILES string of the molecule is COC(=O)CC[C@H](NP(=S)(OCC1c2ccccc2-c2ccccc21)c1ccccc1)C(=O)OC. The minimum Gasteiger partial charge on any atom is -0.469 e. The Bertz CT molecular complexity index is 1200. The Hall–Kier alpha value is -2.83. The van der Waals surface area contributed by atoms with Gasteiger partial charge in [-0.25, -0.2) is 0 Å². The standard InChI is InChI=1S/C27H28NO5PS/c1-31-26(29)17-16-25(27(30)32-2)28-34(35,19-10-4-3-5-11-19)33-18-24-22-14-8-6-12-20(22)21-13-7-9-15-23(21)24/h3-15,24-25H,16-18H2,1-2H3,(H,28,35)/t25-,34?/m0/s1. The summed E-state index contributed by atoms with van der Waals surface area (Å²) in [5.41, 5.74) is 4.78. The third-order valence-electron chi connectivity index (χ3n) is 6.16. The van der Waals surface area contributed by atoms with Crippen molar-refractivity contribution in [2.45, 2.75) is 24.8 Å². The first-order valence-electron chi connectivity index (χ1n) is 11.4. The predicted molar refractivity (Wildman–Crippen MR) is 140 cm³/mol. The zero-order valence-electron chi connectivity index (χ0n) is 19.7. The number of fused-ring (bicyclic) bond motifs is 3. The number of nitrogens with one attached hydrogen (secondary N) is 1. The third-order valence-corrected chi connectivity index (χ3v) is 9.57. The molecular weight excluding hydrogens is 481 g/mol. The fraction of sp³-hybridized carbons (Fsp3) is 0.259. The third kappa shape index (κ3) is 5.54. The van der Waals surface area contributed by atoms with E-state index < -0.39 is 24.4 Å². The minimum atomic E-state index is -2.91. The molecule has 0 saturated heterocycles. The molecule has 2 atom stereocenters. The highest BCUT2D eigenvalue weighted by Gasteiger charge is 2.33. The fourth-order valence-electron chi connectivity index (χ4n) is 4.38. The molecule has 4 rings (SSSR count). The van der Waals surface area contributed by atoms with Crippen LogP contribution in [0.5, 0.6) is 0 Å². The Labute approximate surface area is 210 Å². The second-order valence-corrected chi connectivity index (χ2v) is 11.9. The van der Waals surface area contributed by atoms with E-state index >= 15 is 0 Å². The summed E-state index contributed by atoms with van der Waals surface area (Å²) in [5.74, 6) is -0.894. The normalized spacial score (nSPS) is 14.9. The van der Waals surface area contributed by atoms with Gasteiger partial charge in [0.1, 0.15) is 6.04 Å². The Balaban J connectivity index is 1.63. The molecule has 8 heteroatoms. The molecule has 0 spiro atoms. The van der Waals surface area contributed by atoms with Gasteiger partial charge in [-0.2, -0.15) is 0 Å². The van der Waals surface area contributed by atoms with Gasteiger partial charge in [0.05, 0.1) is 20.8 Å². The van der Waals surface area contributed by atoms with E-state index in [0.29, 0.717) is 6.61 Å². The van der Waals surface area contributed by atoms with Crippen LogP contribution in [0.3, 0.4) is 0 Å². The van der Waals surface area contributed by atoms with Gasteiger partial charge >= 0.3 is 11.9 Å². The maximum absolute atomic E-state index is 12.6. The molecule has 3 aromatic rings. The molecular formula is C27H28NO5PS. The fourth-order valence-corrected chi connectivity index (χ4v) is 7.25. The summed E-state index contributed by atoms with van der Waals surface area (Å²) in [7, 11) is 2.63. The van der Waals surface area contributed by atoms with E-state index in [4.69, 9.17) is 25.8 Å². The largest absolute Gasteiger partial charge is 0.469 e. The first-order valence-corrected chi connectivity index (χ1v) is 14.1. The Morgan fingerprint density at radius 2 is 1.46 bits per heavy atom. The van der Waals surface area contributed by atoms with Crippen LogP contribution in [0.25, 0.3) is 11.1 Å². The second kappa shape index (κ2) is 11.3. The molecule has 0 aromatic heterocycles. The molecule has 1 unspecified atom stereocenters. The lowest BCUT2D eigenvalue weighted by atomic mass is 9.98. The van der Waals surface area contributed by atoms with Crippen molar-refractivity contribution >= 4 is 35.5 Å². The van der Waals surface area contributed by atoms with Crippen LogP contribution >= 0.6 is 6.42 Å². The monoisotopic (exact) mass is 509 g/mol. The average molecular weight is 510 g/mol. The average Bonchev–Trinajstić information content (AvgIpc) is 3.23. The highest BCUT2D eigenvalue weighted by atomic mass is 32.4. The van der Waals surface area contributed by atoms with Crippen molar-refractivity contribution in [2.24, 2.45) is 0 Å². The van der Waals surface area contributed by atoms with Gasteiger partial charge in [0, 0.05) is 17.6 Å².